The van der Waals surface area contributed by atoms with E-state index in [1.807, 2.05) is 16.3 Å². The maximum Gasteiger partial charge on any atom is 0.394 e. The molecule has 2 heterocycles. The van der Waals surface area contributed by atoms with Crippen LogP contribution in [0.15, 0.2) is 35.6 Å². The van der Waals surface area contributed by atoms with Gasteiger partial charge in [0.15, 0.2) is 0 Å². The molecule has 2 aromatic rings. The summed E-state index contributed by atoms with van der Waals surface area (Å²) >= 11 is 7.90. The van der Waals surface area contributed by atoms with Gasteiger partial charge in [-0.3, -0.25) is 14.0 Å². The second-order valence-electron chi connectivity index (χ2n) is 5.19. The molecule has 0 bridgehead atoms. The van der Waals surface area contributed by atoms with E-state index in [4.69, 9.17) is 39.3 Å². The molecule has 1 atom stereocenters. The Bertz CT molecular complexity index is 1030. The zero-order chi connectivity index (χ0) is 22.8. The number of methoxy groups -OCH3 is 1. The average molecular weight is 424 g/mol. The molecule has 1 aromatic heterocycles. The number of rotatable bonds is 3. The second-order valence-corrected chi connectivity index (χ2v) is 7.46. The van der Waals surface area contributed by atoms with Crippen molar-refractivity contribution in [2.45, 2.75) is 19.0 Å². The summed E-state index contributed by atoms with van der Waals surface area (Å²) in [5, 5.41) is 1.86. The van der Waals surface area contributed by atoms with Crippen molar-refractivity contribution in [2.75, 3.05) is 13.7 Å². The molecule has 1 aromatic carbocycles. The molecule has 0 spiro atoms. The third kappa shape index (κ3) is 5.76. The first-order valence-electron chi connectivity index (χ1n) is 9.19. The quantitative estimate of drug-likeness (QED) is 0.577. The summed E-state index contributed by atoms with van der Waals surface area (Å²) in [6.07, 6.45) is 0.767. The van der Waals surface area contributed by atoms with Gasteiger partial charge >= 0.3 is 16.4 Å². The van der Waals surface area contributed by atoms with Gasteiger partial charge < -0.3 is 4.74 Å². The molecule has 2 N–H and O–H groups in total. The first-order valence-corrected chi connectivity index (χ1v) is 9.85. The molecule has 0 aliphatic carbocycles. The molecule has 0 amide bonds. The number of carbonyl (C=O) groups excluding carboxylic acids is 1. The molecule has 1 aliphatic rings. The fourth-order valence-electron chi connectivity index (χ4n) is 2.55. The molecule has 10 heteroatoms. The standard InChI is InChI=1S/C16H16ClNO2S.H2O4S/c1-20-16(19)15(12-4-2-3-5-13(12)17)18-8-6-14-11(10-18)7-9-21-14;1-5(2,3)4/h2-5,7,9,15H,6,8,10H2,1H3;(H2,1,2,3,4)/i2D,3D,4D,5D;. The minimum atomic E-state index is -4.67. The first kappa shape index (κ1) is 15.6. The van der Waals surface area contributed by atoms with Crippen molar-refractivity contribution in [1.29, 1.82) is 0 Å². The van der Waals surface area contributed by atoms with E-state index < -0.39 is 34.5 Å². The van der Waals surface area contributed by atoms with Crippen molar-refractivity contribution in [3.63, 3.8) is 0 Å². The summed E-state index contributed by atoms with van der Waals surface area (Å²) in [4.78, 5) is 15.6. The summed E-state index contributed by atoms with van der Waals surface area (Å²) in [6, 6.07) is -0.459. The Morgan fingerprint density at radius 3 is 2.73 bits per heavy atom. The molecule has 1 aliphatic heterocycles. The monoisotopic (exact) mass is 423 g/mol. The SMILES string of the molecule is O=S(=O)(O)O.[2H]c1c([2H])c([2H])c(C(C(=O)OC)N2CCc3sccc3C2)c(Cl)c1[2H]. The number of fused-ring (bicyclic) bond motifs is 1. The second kappa shape index (κ2) is 8.94. The van der Waals surface area contributed by atoms with Crippen LogP contribution in [0.25, 0.3) is 0 Å². The largest absolute Gasteiger partial charge is 0.468 e. The maximum atomic E-state index is 12.5. The Balaban J connectivity index is 0.000000575. The Labute approximate surface area is 166 Å². The van der Waals surface area contributed by atoms with E-state index in [0.29, 0.717) is 13.1 Å². The molecule has 0 saturated carbocycles. The number of carbonyl (C=O) groups is 1. The maximum absolute atomic E-state index is 12.5. The van der Waals surface area contributed by atoms with Gasteiger partial charge in [0.2, 0.25) is 0 Å². The highest BCUT2D eigenvalue weighted by molar-refractivity contribution is 7.79. The van der Waals surface area contributed by atoms with Crippen molar-refractivity contribution >= 4 is 39.3 Å². The number of esters is 1. The number of hydrogen-bond donors (Lipinski definition) is 2. The lowest BCUT2D eigenvalue weighted by Crippen LogP contribution is -2.38. The van der Waals surface area contributed by atoms with Crippen LogP contribution in [0.3, 0.4) is 0 Å². The lowest BCUT2D eigenvalue weighted by atomic mass is 10.0. The van der Waals surface area contributed by atoms with Gasteiger partial charge in [-0.1, -0.05) is 29.7 Å². The molecule has 7 nitrogen and oxygen atoms in total. The zero-order valence-corrected chi connectivity index (χ0v) is 15.9. The summed E-state index contributed by atoms with van der Waals surface area (Å²) in [7, 11) is -3.41. The van der Waals surface area contributed by atoms with Gasteiger partial charge in [-0.05, 0) is 35.0 Å². The number of halogens is 1. The Morgan fingerprint density at radius 1 is 1.42 bits per heavy atom. The Hall–Kier alpha value is -1.49. The number of benzene rings is 1. The lowest BCUT2D eigenvalue weighted by molar-refractivity contribution is -0.147. The van der Waals surface area contributed by atoms with E-state index in [9.17, 15) is 4.79 Å². The average Bonchev–Trinajstić information content (AvgIpc) is 3.14. The van der Waals surface area contributed by atoms with Crippen LogP contribution in [0.1, 0.15) is 27.5 Å². The van der Waals surface area contributed by atoms with Gasteiger partial charge in [-0.25, -0.2) is 4.79 Å². The summed E-state index contributed by atoms with van der Waals surface area (Å²) in [5.74, 6) is -0.592. The Kier molecular flexibility index (Phi) is 5.35. The van der Waals surface area contributed by atoms with Crippen LogP contribution in [0, 0.1) is 0 Å². The zero-order valence-electron chi connectivity index (χ0n) is 17.5. The van der Waals surface area contributed by atoms with Crippen molar-refractivity contribution in [3.8, 4) is 0 Å². The highest BCUT2D eigenvalue weighted by Crippen LogP contribution is 2.33. The highest BCUT2D eigenvalue weighted by Gasteiger charge is 2.32. The van der Waals surface area contributed by atoms with Crippen LogP contribution in [0.2, 0.25) is 5.02 Å². The van der Waals surface area contributed by atoms with E-state index in [1.54, 1.807) is 11.3 Å². The molecule has 26 heavy (non-hydrogen) atoms. The van der Waals surface area contributed by atoms with Crippen LogP contribution < -0.4 is 0 Å². The summed E-state index contributed by atoms with van der Waals surface area (Å²) in [5.41, 5.74) is 1.18. The van der Waals surface area contributed by atoms with Crippen molar-refractivity contribution in [3.05, 3.63) is 56.6 Å². The topological polar surface area (TPSA) is 104 Å². The van der Waals surface area contributed by atoms with E-state index >= 15 is 0 Å². The molecule has 142 valence electrons. The molecule has 3 rings (SSSR count). The first-order chi connectivity index (χ1) is 13.9. The fourth-order valence-corrected chi connectivity index (χ4v) is 3.63. The molecule has 0 fully saturated rings. The van der Waals surface area contributed by atoms with Crippen molar-refractivity contribution < 1.29 is 32.5 Å². The Morgan fingerprint density at radius 2 is 2.08 bits per heavy atom. The van der Waals surface area contributed by atoms with Crippen molar-refractivity contribution in [2.24, 2.45) is 0 Å². The van der Waals surface area contributed by atoms with E-state index in [2.05, 4.69) is 0 Å². The minimum Gasteiger partial charge on any atom is -0.468 e. The molecule has 0 saturated heterocycles. The highest BCUT2D eigenvalue weighted by atomic mass is 35.5. The predicted octanol–water partition coefficient (Wildman–Crippen LogP) is 3.02. The third-order valence-corrected chi connectivity index (χ3v) is 4.89. The van der Waals surface area contributed by atoms with E-state index in [-0.39, 0.29) is 22.7 Å². The third-order valence-electron chi connectivity index (χ3n) is 3.57. The summed E-state index contributed by atoms with van der Waals surface area (Å²) < 4.78 is 68.3. The van der Waals surface area contributed by atoms with E-state index in [0.717, 1.165) is 12.0 Å². The summed E-state index contributed by atoms with van der Waals surface area (Å²) in [6.45, 7) is 1.07. The van der Waals surface area contributed by atoms with Gasteiger partial charge in [0.25, 0.3) is 0 Å². The number of nitrogens with zero attached hydrogens (tertiary/aromatic N) is 1. The molecule has 0 radical (unpaired) electrons. The minimum absolute atomic E-state index is 0.0678. The van der Waals surface area contributed by atoms with Crippen LogP contribution in [0.4, 0.5) is 0 Å². The lowest BCUT2D eigenvalue weighted by Gasteiger charge is -2.33. The fraction of sp³-hybridized carbons (Fsp3) is 0.312. The number of hydrogen-bond acceptors (Lipinski definition) is 6. The smallest absolute Gasteiger partial charge is 0.394 e. The van der Waals surface area contributed by atoms with Gasteiger partial charge in [-0.15, -0.1) is 11.3 Å². The van der Waals surface area contributed by atoms with E-state index in [1.165, 1.54) is 12.0 Å². The van der Waals surface area contributed by atoms with Crippen LogP contribution in [-0.2, 0) is 32.9 Å². The van der Waals surface area contributed by atoms with Crippen LogP contribution >= 0.6 is 22.9 Å². The van der Waals surface area contributed by atoms with Gasteiger partial charge in [0.1, 0.15) is 6.04 Å². The van der Waals surface area contributed by atoms with Crippen molar-refractivity contribution in [1.82, 2.24) is 4.90 Å². The van der Waals surface area contributed by atoms with Crippen LogP contribution in [-0.4, -0.2) is 42.0 Å². The molecular weight excluding hydrogens is 402 g/mol. The molecular formula is C16H18ClNO6S2. The van der Waals surface area contributed by atoms with Crippen LogP contribution in [0.5, 0.6) is 0 Å². The molecule has 1 unspecified atom stereocenters. The number of thiophene rings is 1. The normalized spacial score (nSPS) is 17.5. The van der Waals surface area contributed by atoms with Gasteiger partial charge in [0.05, 0.1) is 12.6 Å². The van der Waals surface area contributed by atoms with Gasteiger partial charge in [-0.2, -0.15) is 8.42 Å². The number of ether oxygens (including phenoxy) is 1. The van der Waals surface area contributed by atoms with Gasteiger partial charge in [0, 0.05) is 23.0 Å². The predicted molar refractivity (Wildman–Crippen MR) is 98.8 cm³/mol.